The molecule has 2 rings (SSSR count). The number of rotatable bonds is 10. The average Bonchev–Trinajstić information content (AvgIpc) is 3.06. The highest BCUT2D eigenvalue weighted by Crippen LogP contribution is 2.17. The van der Waals surface area contributed by atoms with Crippen LogP contribution in [0.3, 0.4) is 0 Å². The van der Waals surface area contributed by atoms with Crippen molar-refractivity contribution in [2.24, 2.45) is 0 Å². The van der Waals surface area contributed by atoms with Crippen molar-refractivity contribution in [1.29, 1.82) is 5.26 Å². The zero-order chi connectivity index (χ0) is 22.8. The Balaban J connectivity index is 2.35. The zero-order valence-electron chi connectivity index (χ0n) is 17.9. The molecule has 0 radical (unpaired) electrons. The molecule has 0 aliphatic heterocycles. The first-order valence-corrected chi connectivity index (χ1v) is 10.5. The molecule has 31 heavy (non-hydrogen) atoms. The number of anilines is 1. The number of carbonyl (C=O) groups is 1. The summed E-state index contributed by atoms with van der Waals surface area (Å²) in [6.45, 7) is 6.91. The largest absolute Gasteiger partial charge is 0.492 e. The maximum absolute atomic E-state index is 12.8. The fourth-order valence-corrected chi connectivity index (χ4v) is 3.63. The van der Waals surface area contributed by atoms with Crippen molar-refractivity contribution in [2.45, 2.75) is 13.5 Å². The number of aromatic nitrogens is 1. The Morgan fingerprint density at radius 3 is 2.84 bits per heavy atom. The van der Waals surface area contributed by atoms with Gasteiger partial charge in [-0.05, 0) is 33.2 Å². The second kappa shape index (κ2) is 11.7. The summed E-state index contributed by atoms with van der Waals surface area (Å²) in [5, 5.41) is 12.5. The number of likely N-dealkylation sites (N-methyl/N-ethyl adjacent to an activating group) is 1. The van der Waals surface area contributed by atoms with E-state index in [2.05, 4.69) is 11.9 Å². The first kappa shape index (κ1) is 23.9. The van der Waals surface area contributed by atoms with Crippen LogP contribution in [-0.2, 0) is 16.1 Å². The standard InChI is InChI=1S/C22H26N4O4S/c1-5-11-30-22(28)18(14-23)21-26(6-2)20(27)19(31-21)15-24-16-8-7-9-17(13-16)29-12-10-25(3)4/h5,7-9,13,15,24H,1,6,10-12H2,2-4H3. The molecular weight excluding hydrogens is 416 g/mol. The van der Waals surface area contributed by atoms with Crippen molar-refractivity contribution in [1.82, 2.24) is 9.47 Å². The normalized spacial score (nSPS) is 12.3. The van der Waals surface area contributed by atoms with Crippen molar-refractivity contribution in [3.05, 3.63) is 56.5 Å². The molecule has 1 aromatic carbocycles. The molecule has 0 aliphatic carbocycles. The predicted molar refractivity (Wildman–Crippen MR) is 122 cm³/mol. The summed E-state index contributed by atoms with van der Waals surface area (Å²) in [5.74, 6) is -0.0731. The van der Waals surface area contributed by atoms with Crippen LogP contribution in [0.25, 0.3) is 11.8 Å². The molecule has 0 spiro atoms. The molecule has 0 saturated carbocycles. The molecule has 0 saturated heterocycles. The van der Waals surface area contributed by atoms with E-state index in [4.69, 9.17) is 9.47 Å². The number of ether oxygens (including phenoxy) is 2. The summed E-state index contributed by atoms with van der Waals surface area (Å²) in [4.78, 5) is 27.0. The second-order valence-corrected chi connectivity index (χ2v) is 7.69. The van der Waals surface area contributed by atoms with Gasteiger partial charge in [0.2, 0.25) is 0 Å². The molecule has 0 fully saturated rings. The Kier molecular flexibility index (Phi) is 9.06. The lowest BCUT2D eigenvalue weighted by Crippen LogP contribution is -2.32. The molecule has 2 aromatic rings. The van der Waals surface area contributed by atoms with Gasteiger partial charge in [-0.3, -0.25) is 9.36 Å². The van der Waals surface area contributed by atoms with Gasteiger partial charge in [-0.1, -0.05) is 18.7 Å². The molecule has 0 bridgehead atoms. The van der Waals surface area contributed by atoms with Crippen molar-refractivity contribution >= 4 is 34.8 Å². The van der Waals surface area contributed by atoms with Gasteiger partial charge in [0.25, 0.3) is 5.56 Å². The van der Waals surface area contributed by atoms with E-state index >= 15 is 0 Å². The van der Waals surface area contributed by atoms with Crippen LogP contribution in [0.15, 0.2) is 41.7 Å². The lowest BCUT2D eigenvalue weighted by atomic mass is 10.3. The van der Waals surface area contributed by atoms with E-state index in [0.717, 1.165) is 23.6 Å². The fraction of sp³-hybridized carbons (Fsp3) is 0.318. The van der Waals surface area contributed by atoms with Crippen LogP contribution in [0.1, 0.15) is 6.92 Å². The molecule has 1 heterocycles. The van der Waals surface area contributed by atoms with Crippen LogP contribution >= 0.6 is 11.3 Å². The summed E-state index contributed by atoms with van der Waals surface area (Å²) >= 11 is 1.06. The van der Waals surface area contributed by atoms with E-state index in [0.29, 0.717) is 23.4 Å². The minimum atomic E-state index is -0.784. The molecule has 164 valence electrons. The third kappa shape index (κ3) is 6.57. The van der Waals surface area contributed by atoms with E-state index < -0.39 is 5.97 Å². The lowest BCUT2D eigenvalue weighted by molar-refractivity contribution is -0.135. The number of nitriles is 1. The monoisotopic (exact) mass is 442 g/mol. The number of nitrogens with one attached hydrogen (secondary N) is 1. The van der Waals surface area contributed by atoms with Gasteiger partial charge in [0.1, 0.15) is 34.2 Å². The lowest BCUT2D eigenvalue weighted by Gasteiger charge is -2.11. The van der Waals surface area contributed by atoms with Crippen LogP contribution in [0.5, 0.6) is 5.75 Å². The maximum Gasteiger partial charge on any atom is 0.352 e. The zero-order valence-corrected chi connectivity index (χ0v) is 18.7. The summed E-state index contributed by atoms with van der Waals surface area (Å²) in [6.07, 6.45) is 2.97. The van der Waals surface area contributed by atoms with Crippen molar-refractivity contribution in [2.75, 3.05) is 39.2 Å². The molecular formula is C22H26N4O4S. The van der Waals surface area contributed by atoms with E-state index in [1.807, 2.05) is 49.3 Å². The quantitative estimate of drug-likeness (QED) is 0.435. The molecule has 0 amide bonds. The molecule has 8 nitrogen and oxygen atoms in total. The van der Waals surface area contributed by atoms with E-state index in [1.54, 1.807) is 13.1 Å². The highest BCUT2D eigenvalue weighted by molar-refractivity contribution is 7.07. The highest BCUT2D eigenvalue weighted by Gasteiger charge is 2.16. The van der Waals surface area contributed by atoms with Crippen molar-refractivity contribution < 1.29 is 14.3 Å². The third-order valence-electron chi connectivity index (χ3n) is 4.10. The Hall–Kier alpha value is -3.35. The van der Waals surface area contributed by atoms with Gasteiger partial charge in [0.15, 0.2) is 5.57 Å². The summed E-state index contributed by atoms with van der Waals surface area (Å²) in [6, 6.07) is 9.24. The van der Waals surface area contributed by atoms with E-state index in [1.165, 1.54) is 10.6 Å². The number of benzene rings is 1. The molecule has 0 unspecified atom stereocenters. The van der Waals surface area contributed by atoms with Crippen molar-refractivity contribution in [3.63, 3.8) is 0 Å². The minimum Gasteiger partial charge on any atom is -0.492 e. The second-order valence-electron chi connectivity index (χ2n) is 6.66. The third-order valence-corrected chi connectivity index (χ3v) is 5.23. The SMILES string of the molecule is C=CCOC(=O)C(C#N)=c1sc(=CNc2cccc(OCCN(C)C)c2)c(=O)n1CC. The van der Waals surface area contributed by atoms with Gasteiger partial charge in [-0.2, -0.15) is 5.26 Å². The molecule has 9 heteroatoms. The molecule has 1 aromatic heterocycles. The molecule has 1 N–H and O–H groups in total. The molecule has 0 atom stereocenters. The Bertz CT molecular complexity index is 1140. The number of esters is 1. The average molecular weight is 443 g/mol. The van der Waals surface area contributed by atoms with Crippen LogP contribution in [0.2, 0.25) is 0 Å². The van der Waals surface area contributed by atoms with Gasteiger partial charge in [-0.15, -0.1) is 11.3 Å². The highest BCUT2D eigenvalue weighted by atomic mass is 32.1. The van der Waals surface area contributed by atoms with E-state index in [9.17, 15) is 14.9 Å². The van der Waals surface area contributed by atoms with Gasteiger partial charge in [0, 0.05) is 31.0 Å². The van der Waals surface area contributed by atoms with Gasteiger partial charge in [-0.25, -0.2) is 4.79 Å². The van der Waals surface area contributed by atoms with E-state index in [-0.39, 0.29) is 22.4 Å². The number of nitrogens with zero attached hydrogens (tertiary/aromatic N) is 3. The van der Waals surface area contributed by atoms with Gasteiger partial charge >= 0.3 is 5.97 Å². The maximum atomic E-state index is 12.8. The van der Waals surface area contributed by atoms with Crippen LogP contribution in [-0.4, -0.2) is 49.3 Å². The van der Waals surface area contributed by atoms with Gasteiger partial charge < -0.3 is 19.7 Å². The number of carbonyl (C=O) groups excluding carboxylic acids is 1. The van der Waals surface area contributed by atoms with Crippen LogP contribution < -0.4 is 24.8 Å². The first-order valence-electron chi connectivity index (χ1n) is 9.67. The summed E-state index contributed by atoms with van der Waals surface area (Å²) < 4.78 is 12.7. The van der Waals surface area contributed by atoms with Crippen LogP contribution in [0, 0.1) is 11.3 Å². The Morgan fingerprint density at radius 1 is 1.42 bits per heavy atom. The number of hydrogen-bond acceptors (Lipinski definition) is 8. The van der Waals surface area contributed by atoms with Crippen molar-refractivity contribution in [3.8, 4) is 11.8 Å². The summed E-state index contributed by atoms with van der Waals surface area (Å²) in [5.41, 5.74) is 0.244. The first-order chi connectivity index (χ1) is 14.9. The Morgan fingerprint density at radius 2 is 2.19 bits per heavy atom. The van der Waals surface area contributed by atoms with Gasteiger partial charge in [0.05, 0.1) is 0 Å². The Labute approximate surface area is 184 Å². The number of thiazole rings is 1. The fourth-order valence-electron chi connectivity index (χ4n) is 2.55. The smallest absolute Gasteiger partial charge is 0.352 e. The molecule has 0 aliphatic rings. The summed E-state index contributed by atoms with van der Waals surface area (Å²) in [7, 11) is 3.95. The van der Waals surface area contributed by atoms with Crippen LogP contribution in [0.4, 0.5) is 5.69 Å². The number of hydrogen-bond donors (Lipinski definition) is 1. The topological polar surface area (TPSA) is 96.6 Å². The predicted octanol–water partition coefficient (Wildman–Crippen LogP) is 1.12. The minimum absolute atomic E-state index is 0.0146.